The molecule has 1 aromatic carbocycles. The van der Waals surface area contributed by atoms with E-state index in [0.717, 1.165) is 49.3 Å². The van der Waals surface area contributed by atoms with E-state index >= 15 is 0 Å². The Kier molecular flexibility index (Phi) is 5.19. The number of carbonyl (C=O) groups excluding carboxylic acids is 2. The predicted molar refractivity (Wildman–Crippen MR) is 104 cm³/mol. The zero-order chi connectivity index (χ0) is 19.7. The lowest BCUT2D eigenvalue weighted by Gasteiger charge is -2.34. The average molecular weight is 387 g/mol. The second-order valence-electron chi connectivity index (χ2n) is 8.19. The molecule has 2 fully saturated rings. The smallest absolute Gasteiger partial charge is 0.326 e. The Labute approximate surface area is 166 Å². The Bertz CT molecular complexity index is 758. The molecule has 4 rings (SSSR count). The van der Waals surface area contributed by atoms with Gasteiger partial charge < -0.3 is 14.8 Å². The van der Waals surface area contributed by atoms with E-state index in [-0.39, 0.29) is 11.9 Å². The van der Waals surface area contributed by atoms with Crippen molar-refractivity contribution in [1.82, 2.24) is 15.1 Å². The lowest BCUT2D eigenvalue weighted by Crippen LogP contribution is -2.50. The Hall–Kier alpha value is -2.28. The molecule has 1 N–H and O–H groups in total. The highest BCUT2D eigenvalue weighted by atomic mass is 16.6. The van der Waals surface area contributed by atoms with Crippen LogP contribution in [0.3, 0.4) is 0 Å². The first-order chi connectivity index (χ1) is 13.5. The summed E-state index contributed by atoms with van der Waals surface area (Å²) in [6, 6.07) is 5.64. The molecule has 28 heavy (non-hydrogen) atoms. The predicted octanol–water partition coefficient (Wildman–Crippen LogP) is 2.74. The number of benzene rings is 1. The van der Waals surface area contributed by atoms with E-state index < -0.39 is 5.54 Å². The fourth-order valence-electron chi connectivity index (χ4n) is 4.30. The Balaban J connectivity index is 1.43. The first kappa shape index (κ1) is 19.1. The van der Waals surface area contributed by atoms with Gasteiger partial charge in [0.1, 0.15) is 18.8 Å². The summed E-state index contributed by atoms with van der Waals surface area (Å²) in [6.45, 7) is 7.03. The fraction of sp³-hybridized carbons (Fsp3) is 0.619. The number of rotatable bonds is 5. The average Bonchev–Trinajstić information content (AvgIpc) is 2.93. The summed E-state index contributed by atoms with van der Waals surface area (Å²) in [6.07, 6.45) is 3.44. The first-order valence-electron chi connectivity index (χ1n) is 10.3. The van der Waals surface area contributed by atoms with Crippen molar-refractivity contribution in [3.8, 4) is 11.5 Å². The maximum absolute atomic E-state index is 13.1. The molecule has 2 heterocycles. The van der Waals surface area contributed by atoms with Crippen molar-refractivity contribution >= 4 is 11.9 Å². The number of carbonyl (C=O) groups is 2. The molecule has 1 spiro atoms. The van der Waals surface area contributed by atoms with Crippen LogP contribution in [-0.2, 0) is 11.3 Å². The summed E-state index contributed by atoms with van der Waals surface area (Å²) in [4.78, 5) is 29.1. The third kappa shape index (κ3) is 3.55. The third-order valence-corrected chi connectivity index (χ3v) is 6.18. The minimum absolute atomic E-state index is 0.0648. The highest BCUT2D eigenvalue weighted by Gasteiger charge is 2.52. The van der Waals surface area contributed by atoms with Gasteiger partial charge in [0.05, 0.1) is 6.67 Å². The van der Waals surface area contributed by atoms with Gasteiger partial charge in [-0.2, -0.15) is 0 Å². The van der Waals surface area contributed by atoms with E-state index in [0.29, 0.717) is 32.3 Å². The van der Waals surface area contributed by atoms with E-state index in [9.17, 15) is 9.59 Å². The van der Waals surface area contributed by atoms with Gasteiger partial charge in [0.25, 0.3) is 5.91 Å². The zero-order valence-electron chi connectivity index (χ0n) is 16.7. The van der Waals surface area contributed by atoms with Crippen molar-refractivity contribution in [2.24, 2.45) is 5.92 Å². The first-order valence-corrected chi connectivity index (χ1v) is 10.3. The summed E-state index contributed by atoms with van der Waals surface area (Å²) < 4.78 is 11.2. The Morgan fingerprint density at radius 2 is 1.89 bits per heavy atom. The maximum atomic E-state index is 13.1. The molecule has 1 saturated heterocycles. The number of amides is 3. The van der Waals surface area contributed by atoms with Crippen molar-refractivity contribution in [3.63, 3.8) is 0 Å². The molecule has 1 aliphatic carbocycles. The number of imide groups is 1. The molecule has 3 aliphatic rings. The van der Waals surface area contributed by atoms with Gasteiger partial charge in [-0.25, -0.2) is 9.69 Å². The van der Waals surface area contributed by atoms with Crippen LogP contribution in [0.5, 0.6) is 11.5 Å². The normalized spacial score (nSPS) is 26.8. The SMILES string of the molecule is CCN(Cc1ccc2c(c1)OCCO2)CN1C(=O)NC2(CCC(C)CC2)C1=O. The van der Waals surface area contributed by atoms with Gasteiger partial charge in [-0.05, 0) is 55.8 Å². The molecule has 0 aromatic heterocycles. The Morgan fingerprint density at radius 3 is 2.61 bits per heavy atom. The highest BCUT2D eigenvalue weighted by molar-refractivity contribution is 6.07. The second kappa shape index (κ2) is 7.62. The van der Waals surface area contributed by atoms with Crippen LogP contribution < -0.4 is 14.8 Å². The number of urea groups is 1. The van der Waals surface area contributed by atoms with E-state index in [1.54, 1.807) is 0 Å². The summed E-state index contributed by atoms with van der Waals surface area (Å²) in [5.41, 5.74) is 0.388. The number of nitrogens with zero attached hydrogens (tertiary/aromatic N) is 2. The molecule has 7 heteroatoms. The molecular formula is C21H29N3O4. The topological polar surface area (TPSA) is 71.1 Å². The minimum atomic E-state index is -0.681. The number of fused-ring (bicyclic) bond motifs is 1. The van der Waals surface area contributed by atoms with Gasteiger partial charge in [-0.15, -0.1) is 0 Å². The van der Waals surface area contributed by atoms with Crippen molar-refractivity contribution in [2.45, 2.75) is 51.6 Å². The summed E-state index contributed by atoms with van der Waals surface area (Å²) in [7, 11) is 0. The number of ether oxygens (including phenoxy) is 2. The van der Waals surface area contributed by atoms with Crippen molar-refractivity contribution in [3.05, 3.63) is 23.8 Å². The highest BCUT2D eigenvalue weighted by Crippen LogP contribution is 2.36. The molecule has 1 aromatic rings. The van der Waals surface area contributed by atoms with Crippen LogP contribution in [0, 0.1) is 5.92 Å². The molecule has 2 aliphatic heterocycles. The van der Waals surface area contributed by atoms with E-state index in [1.807, 2.05) is 25.1 Å². The maximum Gasteiger partial charge on any atom is 0.326 e. The van der Waals surface area contributed by atoms with Gasteiger partial charge in [-0.1, -0.05) is 19.9 Å². The molecular weight excluding hydrogens is 358 g/mol. The summed E-state index contributed by atoms with van der Waals surface area (Å²) >= 11 is 0. The van der Waals surface area contributed by atoms with Gasteiger partial charge in [0, 0.05) is 6.54 Å². The fourth-order valence-corrected chi connectivity index (χ4v) is 4.30. The van der Waals surface area contributed by atoms with Crippen LogP contribution in [0.25, 0.3) is 0 Å². The number of hydrogen-bond acceptors (Lipinski definition) is 5. The molecule has 3 amide bonds. The summed E-state index contributed by atoms with van der Waals surface area (Å²) in [5, 5.41) is 3.00. The van der Waals surface area contributed by atoms with Gasteiger partial charge in [-0.3, -0.25) is 9.69 Å². The quantitative estimate of drug-likeness (QED) is 0.787. The molecule has 0 unspecified atom stereocenters. The van der Waals surface area contributed by atoms with E-state index in [2.05, 4.69) is 17.1 Å². The third-order valence-electron chi connectivity index (χ3n) is 6.18. The second-order valence-corrected chi connectivity index (χ2v) is 8.19. The van der Waals surface area contributed by atoms with Crippen LogP contribution in [0.1, 0.15) is 45.1 Å². The van der Waals surface area contributed by atoms with Crippen LogP contribution in [0.4, 0.5) is 4.79 Å². The van der Waals surface area contributed by atoms with E-state index in [1.165, 1.54) is 4.90 Å². The molecule has 7 nitrogen and oxygen atoms in total. The number of nitrogens with one attached hydrogen (secondary N) is 1. The molecule has 0 atom stereocenters. The van der Waals surface area contributed by atoms with Crippen LogP contribution >= 0.6 is 0 Å². The lowest BCUT2D eigenvalue weighted by molar-refractivity contribution is -0.134. The minimum Gasteiger partial charge on any atom is -0.486 e. The van der Waals surface area contributed by atoms with E-state index in [4.69, 9.17) is 9.47 Å². The number of hydrogen-bond donors (Lipinski definition) is 1. The monoisotopic (exact) mass is 387 g/mol. The van der Waals surface area contributed by atoms with Gasteiger partial charge >= 0.3 is 6.03 Å². The van der Waals surface area contributed by atoms with Crippen LogP contribution in [0.15, 0.2) is 18.2 Å². The lowest BCUT2D eigenvalue weighted by atomic mass is 9.77. The van der Waals surface area contributed by atoms with Crippen molar-refractivity contribution in [1.29, 1.82) is 0 Å². The molecule has 0 bridgehead atoms. The molecule has 152 valence electrons. The van der Waals surface area contributed by atoms with Gasteiger partial charge in [0.2, 0.25) is 0 Å². The Morgan fingerprint density at radius 1 is 1.18 bits per heavy atom. The van der Waals surface area contributed by atoms with Crippen LogP contribution in [-0.4, -0.2) is 53.7 Å². The van der Waals surface area contributed by atoms with Gasteiger partial charge in [0.15, 0.2) is 11.5 Å². The molecule has 1 saturated carbocycles. The van der Waals surface area contributed by atoms with Crippen LogP contribution in [0.2, 0.25) is 0 Å². The standard InChI is InChI=1S/C21H29N3O4/c1-3-23(13-16-4-5-17-18(12-16)28-11-10-27-17)14-24-19(25)21(22-20(24)26)8-6-15(2)7-9-21/h4-5,12,15H,3,6-11,13-14H2,1-2H3,(H,22,26). The largest absolute Gasteiger partial charge is 0.486 e. The molecule has 0 radical (unpaired) electrons. The van der Waals surface area contributed by atoms with Crippen molar-refractivity contribution < 1.29 is 19.1 Å². The van der Waals surface area contributed by atoms with Crippen molar-refractivity contribution in [2.75, 3.05) is 26.4 Å². The summed E-state index contributed by atoms with van der Waals surface area (Å²) in [5.74, 6) is 2.07. The zero-order valence-corrected chi connectivity index (χ0v) is 16.7.